The number of aromatic nitrogens is 3. The van der Waals surface area contributed by atoms with Crippen LogP contribution in [0, 0.1) is 10.1 Å². The normalized spacial score (nSPS) is 10.5. The first-order valence-corrected chi connectivity index (χ1v) is 7.31. The van der Waals surface area contributed by atoms with Crippen LogP contribution in [0.2, 0.25) is 5.02 Å². The standard InChI is InChI=1S/C12H11ClN4O4S/c1-3-9-14-12(16-15-9)22-10-7(13)4-6(11(18)21-2)5-8(10)17(19)20/h4-5H,3H2,1-2H3,(H,14,15,16). The summed E-state index contributed by atoms with van der Waals surface area (Å²) in [5, 5.41) is 18.3. The molecule has 1 heterocycles. The van der Waals surface area contributed by atoms with Gasteiger partial charge in [-0.3, -0.25) is 15.2 Å². The van der Waals surface area contributed by atoms with Crippen molar-refractivity contribution in [2.24, 2.45) is 0 Å². The number of benzene rings is 1. The van der Waals surface area contributed by atoms with E-state index in [2.05, 4.69) is 19.9 Å². The lowest BCUT2D eigenvalue weighted by Crippen LogP contribution is -2.03. The molecule has 0 bridgehead atoms. The molecule has 0 saturated heterocycles. The van der Waals surface area contributed by atoms with E-state index in [0.717, 1.165) is 17.8 Å². The number of aromatic amines is 1. The van der Waals surface area contributed by atoms with Crippen molar-refractivity contribution in [3.63, 3.8) is 0 Å². The summed E-state index contributed by atoms with van der Waals surface area (Å²) in [5.41, 5.74) is -0.298. The molecule has 0 saturated carbocycles. The summed E-state index contributed by atoms with van der Waals surface area (Å²) in [6.07, 6.45) is 0.657. The number of nitro benzene ring substituents is 1. The lowest BCUT2D eigenvalue weighted by molar-refractivity contribution is -0.387. The molecule has 2 aromatic rings. The van der Waals surface area contributed by atoms with Crippen LogP contribution in [0.1, 0.15) is 23.1 Å². The molecule has 0 aliphatic heterocycles. The van der Waals surface area contributed by atoms with Crippen LogP contribution in [-0.2, 0) is 11.2 Å². The van der Waals surface area contributed by atoms with Gasteiger partial charge in [0.25, 0.3) is 5.69 Å². The Morgan fingerprint density at radius 1 is 1.55 bits per heavy atom. The second-order valence-corrected chi connectivity index (χ2v) is 5.46. The van der Waals surface area contributed by atoms with Crippen molar-refractivity contribution in [2.75, 3.05) is 7.11 Å². The molecular weight excluding hydrogens is 332 g/mol. The van der Waals surface area contributed by atoms with E-state index in [1.807, 2.05) is 6.92 Å². The largest absolute Gasteiger partial charge is 0.465 e. The van der Waals surface area contributed by atoms with Gasteiger partial charge in [0, 0.05) is 12.5 Å². The highest BCUT2D eigenvalue weighted by atomic mass is 35.5. The maximum Gasteiger partial charge on any atom is 0.338 e. The zero-order chi connectivity index (χ0) is 16.3. The number of esters is 1. The minimum Gasteiger partial charge on any atom is -0.465 e. The number of nitro groups is 1. The number of hydrogen-bond donors (Lipinski definition) is 1. The number of carbonyl (C=O) groups is 1. The zero-order valence-corrected chi connectivity index (χ0v) is 13.2. The Morgan fingerprint density at radius 2 is 2.27 bits per heavy atom. The molecule has 0 fully saturated rings. The highest BCUT2D eigenvalue weighted by molar-refractivity contribution is 7.99. The predicted octanol–water partition coefficient (Wildman–Crippen LogP) is 2.87. The lowest BCUT2D eigenvalue weighted by Gasteiger charge is -2.05. The Bertz CT molecular complexity index is 734. The first kappa shape index (κ1) is 16.2. The molecule has 0 spiro atoms. The van der Waals surface area contributed by atoms with Gasteiger partial charge in [0.1, 0.15) is 10.7 Å². The van der Waals surface area contributed by atoms with E-state index in [4.69, 9.17) is 11.6 Å². The summed E-state index contributed by atoms with van der Waals surface area (Å²) in [6.45, 7) is 1.90. The minimum absolute atomic E-state index is 0.00721. The smallest absolute Gasteiger partial charge is 0.338 e. The lowest BCUT2D eigenvalue weighted by atomic mass is 10.2. The maximum absolute atomic E-state index is 11.5. The molecule has 1 aromatic carbocycles. The molecule has 0 amide bonds. The van der Waals surface area contributed by atoms with Gasteiger partial charge in [0.2, 0.25) is 5.16 Å². The SMILES string of the molecule is CCc1nc(Sc2c(Cl)cc(C(=O)OC)cc2[N+](=O)[O-])n[nH]1. The first-order valence-electron chi connectivity index (χ1n) is 6.11. The fourth-order valence-electron chi connectivity index (χ4n) is 1.62. The number of rotatable bonds is 5. The Balaban J connectivity index is 2.45. The molecule has 8 nitrogen and oxygen atoms in total. The van der Waals surface area contributed by atoms with E-state index < -0.39 is 10.9 Å². The van der Waals surface area contributed by atoms with Gasteiger partial charge in [0.15, 0.2) is 0 Å². The average molecular weight is 343 g/mol. The number of H-pyrrole nitrogens is 1. The summed E-state index contributed by atoms with van der Waals surface area (Å²) < 4.78 is 4.55. The van der Waals surface area contributed by atoms with Gasteiger partial charge >= 0.3 is 5.97 Å². The number of carbonyl (C=O) groups excluding carboxylic acids is 1. The fourth-order valence-corrected chi connectivity index (χ4v) is 2.78. The Kier molecular flexibility index (Phi) is 4.99. The van der Waals surface area contributed by atoms with Crippen molar-refractivity contribution in [2.45, 2.75) is 23.4 Å². The molecule has 0 radical (unpaired) electrons. The molecule has 0 aliphatic rings. The molecule has 116 valence electrons. The minimum atomic E-state index is -0.701. The van der Waals surface area contributed by atoms with Gasteiger partial charge in [-0.2, -0.15) is 0 Å². The third-order valence-electron chi connectivity index (χ3n) is 2.68. The summed E-state index contributed by atoms with van der Waals surface area (Å²) in [6, 6.07) is 2.43. The third kappa shape index (κ3) is 3.37. The molecule has 0 atom stereocenters. The van der Waals surface area contributed by atoms with Crippen LogP contribution in [0.4, 0.5) is 5.69 Å². The van der Waals surface area contributed by atoms with Crippen LogP contribution in [0.3, 0.4) is 0 Å². The Hall–Kier alpha value is -2.13. The molecule has 2 rings (SSSR count). The number of ether oxygens (including phenoxy) is 1. The average Bonchev–Trinajstić information content (AvgIpc) is 2.95. The van der Waals surface area contributed by atoms with E-state index in [9.17, 15) is 14.9 Å². The molecule has 1 aromatic heterocycles. The van der Waals surface area contributed by atoms with Crippen molar-refractivity contribution in [3.05, 3.63) is 38.7 Å². The molecule has 0 unspecified atom stereocenters. The first-order chi connectivity index (χ1) is 10.5. The van der Waals surface area contributed by atoms with Crippen LogP contribution in [-0.4, -0.2) is 33.2 Å². The zero-order valence-electron chi connectivity index (χ0n) is 11.6. The van der Waals surface area contributed by atoms with Gasteiger partial charge in [-0.25, -0.2) is 9.78 Å². The highest BCUT2D eigenvalue weighted by Gasteiger charge is 2.24. The number of hydrogen-bond acceptors (Lipinski definition) is 7. The van der Waals surface area contributed by atoms with Gasteiger partial charge in [-0.05, 0) is 17.8 Å². The highest BCUT2D eigenvalue weighted by Crippen LogP contribution is 2.39. The van der Waals surface area contributed by atoms with Crippen LogP contribution in [0.15, 0.2) is 22.2 Å². The van der Waals surface area contributed by atoms with E-state index >= 15 is 0 Å². The molecule has 0 aliphatic carbocycles. The third-order valence-corrected chi connectivity index (χ3v) is 4.09. The fraction of sp³-hybridized carbons (Fsp3) is 0.250. The second kappa shape index (κ2) is 6.75. The van der Waals surface area contributed by atoms with Crippen molar-refractivity contribution >= 4 is 35.0 Å². The second-order valence-electron chi connectivity index (χ2n) is 4.08. The molecule has 22 heavy (non-hydrogen) atoms. The number of methoxy groups -OCH3 is 1. The molecule has 10 heteroatoms. The number of halogens is 1. The van der Waals surface area contributed by atoms with E-state index in [1.54, 1.807) is 0 Å². The quantitative estimate of drug-likeness (QED) is 0.505. The Labute approximate surface area is 134 Å². The summed E-state index contributed by atoms with van der Waals surface area (Å²) in [4.78, 5) is 26.4. The van der Waals surface area contributed by atoms with Gasteiger partial charge < -0.3 is 4.74 Å². The van der Waals surface area contributed by atoms with Crippen molar-refractivity contribution in [1.29, 1.82) is 0 Å². The maximum atomic E-state index is 11.5. The van der Waals surface area contributed by atoms with Crippen LogP contribution in [0.25, 0.3) is 0 Å². The Morgan fingerprint density at radius 3 is 2.82 bits per heavy atom. The van der Waals surface area contributed by atoms with Crippen LogP contribution in [0.5, 0.6) is 0 Å². The number of nitrogens with one attached hydrogen (secondary N) is 1. The van der Waals surface area contributed by atoms with E-state index in [1.165, 1.54) is 13.2 Å². The van der Waals surface area contributed by atoms with Crippen LogP contribution < -0.4 is 0 Å². The number of nitrogens with zero attached hydrogens (tertiary/aromatic N) is 3. The van der Waals surface area contributed by atoms with Crippen molar-refractivity contribution in [1.82, 2.24) is 15.2 Å². The van der Waals surface area contributed by atoms with Crippen molar-refractivity contribution in [3.8, 4) is 0 Å². The van der Waals surface area contributed by atoms with Gasteiger partial charge in [-0.1, -0.05) is 18.5 Å². The van der Waals surface area contributed by atoms with Gasteiger partial charge in [0.05, 0.1) is 22.6 Å². The van der Waals surface area contributed by atoms with Gasteiger partial charge in [-0.15, -0.1) is 5.10 Å². The number of aryl methyl sites for hydroxylation is 1. The molecular formula is C12H11ClN4O4S. The monoisotopic (exact) mass is 342 g/mol. The van der Waals surface area contributed by atoms with E-state index in [0.29, 0.717) is 17.4 Å². The van der Waals surface area contributed by atoms with E-state index in [-0.39, 0.29) is 21.2 Å². The summed E-state index contributed by atoms with van der Waals surface area (Å²) in [7, 11) is 1.19. The topological polar surface area (TPSA) is 111 Å². The summed E-state index contributed by atoms with van der Waals surface area (Å²) >= 11 is 7.03. The van der Waals surface area contributed by atoms with Crippen LogP contribution >= 0.6 is 23.4 Å². The van der Waals surface area contributed by atoms with Crippen molar-refractivity contribution < 1.29 is 14.5 Å². The molecule has 1 N–H and O–H groups in total. The summed E-state index contributed by atoms with van der Waals surface area (Å²) in [5.74, 6) is -0.0415. The predicted molar refractivity (Wildman–Crippen MR) is 79.3 cm³/mol.